The zero-order valence-electron chi connectivity index (χ0n) is 19.3. The highest BCUT2D eigenvalue weighted by Gasteiger charge is 2.61. The SMILES string of the molecule is CC(C)N1CC2(CC2CS(C)(=O)=O)n2cc(C(=O)NCc3cccc(Cl)c3F)c(=O)c(O)c2C1=O. The van der Waals surface area contributed by atoms with Crippen LogP contribution in [-0.4, -0.2) is 59.4 Å². The Morgan fingerprint density at radius 3 is 2.66 bits per heavy atom. The number of pyridine rings is 1. The van der Waals surface area contributed by atoms with Gasteiger partial charge in [0.1, 0.15) is 21.2 Å². The minimum absolute atomic E-state index is 0.0998. The van der Waals surface area contributed by atoms with Crippen LogP contribution in [0.2, 0.25) is 5.02 Å². The summed E-state index contributed by atoms with van der Waals surface area (Å²) in [5.74, 6) is -3.57. The van der Waals surface area contributed by atoms with Crippen LogP contribution in [0.25, 0.3) is 0 Å². The third kappa shape index (κ3) is 4.42. The van der Waals surface area contributed by atoms with Gasteiger partial charge in [-0.05, 0) is 26.3 Å². The van der Waals surface area contributed by atoms with Crippen molar-refractivity contribution in [1.82, 2.24) is 14.8 Å². The van der Waals surface area contributed by atoms with Crippen molar-refractivity contribution in [2.75, 3.05) is 18.6 Å². The molecule has 12 heteroatoms. The number of aromatic nitrogens is 1. The zero-order chi connectivity index (χ0) is 25.9. The molecule has 1 aromatic carbocycles. The van der Waals surface area contributed by atoms with Crippen molar-refractivity contribution in [3.05, 3.63) is 62.3 Å². The average Bonchev–Trinajstić information content (AvgIpc) is 3.43. The number of rotatable bonds is 6. The highest BCUT2D eigenvalue weighted by atomic mass is 35.5. The molecule has 1 aromatic heterocycles. The predicted molar refractivity (Wildman–Crippen MR) is 127 cm³/mol. The van der Waals surface area contributed by atoms with Gasteiger partial charge in [0, 0.05) is 43.1 Å². The summed E-state index contributed by atoms with van der Waals surface area (Å²) >= 11 is 5.76. The Labute approximate surface area is 206 Å². The van der Waals surface area contributed by atoms with Gasteiger partial charge in [-0.25, -0.2) is 12.8 Å². The number of nitrogens with zero attached hydrogens (tertiary/aromatic N) is 2. The average molecular weight is 526 g/mol. The molecule has 2 aromatic rings. The first kappa shape index (κ1) is 25.2. The standard InChI is InChI=1S/C23H25ClFN3O6S/c1-12(2)27-11-23(7-14(23)10-35(3,33)34)28-9-15(19(29)20(30)18(28)22(27)32)21(31)26-8-13-5-4-6-16(24)17(13)25/h4-6,9,12,14,30H,7-8,10-11H2,1-3H3,(H,26,31). The molecule has 2 aliphatic rings. The van der Waals surface area contributed by atoms with Crippen molar-refractivity contribution in [1.29, 1.82) is 0 Å². The molecule has 0 bridgehead atoms. The smallest absolute Gasteiger partial charge is 0.274 e. The van der Waals surface area contributed by atoms with E-state index in [9.17, 15) is 32.3 Å². The lowest BCUT2D eigenvalue weighted by molar-refractivity contribution is 0.0566. The van der Waals surface area contributed by atoms with Crippen LogP contribution in [0.4, 0.5) is 4.39 Å². The first-order chi connectivity index (χ1) is 16.3. The lowest BCUT2D eigenvalue weighted by Crippen LogP contribution is -2.52. The number of fused-ring (bicyclic) bond motifs is 2. The molecule has 2 atom stereocenters. The van der Waals surface area contributed by atoms with E-state index in [0.29, 0.717) is 6.42 Å². The second kappa shape index (κ2) is 8.63. The van der Waals surface area contributed by atoms with Crippen LogP contribution in [-0.2, 0) is 21.9 Å². The van der Waals surface area contributed by atoms with E-state index in [1.54, 1.807) is 13.8 Å². The van der Waals surface area contributed by atoms with Crippen molar-refractivity contribution < 1.29 is 27.5 Å². The number of halogens is 2. The van der Waals surface area contributed by atoms with Crippen molar-refractivity contribution >= 4 is 33.3 Å². The summed E-state index contributed by atoms with van der Waals surface area (Å²) < 4.78 is 39.5. The number of hydrogen-bond acceptors (Lipinski definition) is 6. The van der Waals surface area contributed by atoms with Crippen LogP contribution < -0.4 is 10.7 Å². The number of carbonyl (C=O) groups excluding carboxylic acids is 2. The van der Waals surface area contributed by atoms with Crippen LogP contribution in [0.3, 0.4) is 0 Å². The summed E-state index contributed by atoms with van der Waals surface area (Å²) in [5.41, 5.74) is -2.54. The predicted octanol–water partition coefficient (Wildman–Crippen LogP) is 1.90. The Balaban J connectivity index is 1.75. The second-order valence-electron chi connectivity index (χ2n) is 9.46. The molecule has 188 valence electrons. The van der Waals surface area contributed by atoms with Gasteiger partial charge in [0.2, 0.25) is 5.43 Å². The minimum Gasteiger partial charge on any atom is -0.503 e. The molecule has 9 nitrogen and oxygen atoms in total. The first-order valence-corrected chi connectivity index (χ1v) is 13.4. The van der Waals surface area contributed by atoms with Gasteiger partial charge in [0.05, 0.1) is 16.3 Å². The van der Waals surface area contributed by atoms with Crippen LogP contribution in [0.5, 0.6) is 5.75 Å². The topological polar surface area (TPSA) is 126 Å². The van der Waals surface area contributed by atoms with E-state index in [-0.39, 0.29) is 47.1 Å². The molecule has 35 heavy (non-hydrogen) atoms. The fourth-order valence-electron chi connectivity index (χ4n) is 4.71. The fraction of sp³-hybridized carbons (Fsp3) is 0.435. The number of carbonyl (C=O) groups is 2. The molecule has 1 fully saturated rings. The molecule has 1 aliphatic heterocycles. The van der Waals surface area contributed by atoms with E-state index in [1.165, 1.54) is 33.9 Å². The molecule has 1 saturated carbocycles. The van der Waals surface area contributed by atoms with Crippen molar-refractivity contribution in [2.24, 2.45) is 5.92 Å². The summed E-state index contributed by atoms with van der Waals surface area (Å²) in [7, 11) is -3.35. The number of hydrogen-bond donors (Lipinski definition) is 2. The summed E-state index contributed by atoms with van der Waals surface area (Å²) in [5, 5.41) is 13.1. The minimum atomic E-state index is -3.35. The number of benzene rings is 1. The first-order valence-electron chi connectivity index (χ1n) is 11.0. The molecule has 2 unspecified atom stereocenters. The van der Waals surface area contributed by atoms with E-state index < -0.39 is 49.7 Å². The normalized spacial score (nSPS) is 21.4. The van der Waals surface area contributed by atoms with Crippen LogP contribution in [0, 0.1) is 11.7 Å². The van der Waals surface area contributed by atoms with Gasteiger partial charge in [0.15, 0.2) is 11.4 Å². The fourth-order valence-corrected chi connectivity index (χ4v) is 6.06. The number of sulfone groups is 1. The Morgan fingerprint density at radius 1 is 1.34 bits per heavy atom. The van der Waals surface area contributed by atoms with Gasteiger partial charge in [-0.15, -0.1) is 0 Å². The van der Waals surface area contributed by atoms with Gasteiger partial charge >= 0.3 is 0 Å². The number of aromatic hydroxyl groups is 1. The molecule has 2 N–H and O–H groups in total. The zero-order valence-corrected chi connectivity index (χ0v) is 20.9. The quantitative estimate of drug-likeness (QED) is 0.593. The van der Waals surface area contributed by atoms with Gasteiger partial charge in [-0.2, -0.15) is 0 Å². The highest BCUT2D eigenvalue weighted by Crippen LogP contribution is 2.54. The van der Waals surface area contributed by atoms with Gasteiger partial charge in [0.25, 0.3) is 11.8 Å². The van der Waals surface area contributed by atoms with Crippen molar-refractivity contribution in [3.63, 3.8) is 0 Å². The van der Waals surface area contributed by atoms with E-state index in [0.717, 1.165) is 6.26 Å². The van der Waals surface area contributed by atoms with Gasteiger partial charge < -0.3 is 19.9 Å². The maximum atomic E-state index is 14.2. The number of amides is 2. The largest absolute Gasteiger partial charge is 0.503 e. The summed E-state index contributed by atoms with van der Waals surface area (Å²) in [6.45, 7) is 3.46. The van der Waals surface area contributed by atoms with Gasteiger partial charge in [-0.1, -0.05) is 23.7 Å². The molecule has 2 amide bonds. The molecule has 1 spiro atoms. The van der Waals surface area contributed by atoms with Crippen LogP contribution >= 0.6 is 11.6 Å². The maximum absolute atomic E-state index is 14.2. The number of nitrogens with one attached hydrogen (secondary N) is 1. The highest BCUT2D eigenvalue weighted by molar-refractivity contribution is 7.90. The Hall–Kier alpha value is -2.92. The molecule has 2 heterocycles. The van der Waals surface area contributed by atoms with E-state index in [4.69, 9.17) is 11.6 Å². The van der Waals surface area contributed by atoms with Crippen LogP contribution in [0.15, 0.2) is 29.2 Å². The lowest BCUT2D eigenvalue weighted by Gasteiger charge is -2.39. The second-order valence-corrected chi connectivity index (χ2v) is 12.1. The monoisotopic (exact) mass is 525 g/mol. The molecular formula is C23H25ClFN3O6S. The van der Waals surface area contributed by atoms with E-state index in [2.05, 4.69) is 5.32 Å². The molecule has 0 saturated heterocycles. The summed E-state index contributed by atoms with van der Waals surface area (Å²) in [6, 6.07) is 4.03. The Morgan fingerprint density at radius 2 is 2.03 bits per heavy atom. The molecule has 1 aliphatic carbocycles. The third-order valence-electron chi connectivity index (χ3n) is 6.61. The van der Waals surface area contributed by atoms with Crippen molar-refractivity contribution in [3.8, 4) is 5.75 Å². The molecular weight excluding hydrogens is 501 g/mol. The lowest BCUT2D eigenvalue weighted by atomic mass is 10.0. The van der Waals surface area contributed by atoms with Crippen molar-refractivity contribution in [2.45, 2.75) is 38.4 Å². The van der Waals surface area contributed by atoms with Gasteiger partial charge in [-0.3, -0.25) is 14.4 Å². The van der Waals surface area contributed by atoms with Crippen LogP contribution in [0.1, 0.15) is 46.7 Å². The molecule has 4 rings (SSSR count). The van der Waals surface area contributed by atoms with E-state index in [1.807, 2.05) is 0 Å². The third-order valence-corrected chi connectivity index (χ3v) is 7.91. The van der Waals surface area contributed by atoms with E-state index >= 15 is 0 Å². The maximum Gasteiger partial charge on any atom is 0.274 e. The summed E-state index contributed by atoms with van der Waals surface area (Å²) in [4.78, 5) is 40.4. The Kier molecular flexibility index (Phi) is 6.21. The molecule has 0 radical (unpaired) electrons. The Bertz CT molecular complexity index is 1410. The summed E-state index contributed by atoms with van der Waals surface area (Å²) in [6.07, 6.45) is 2.70.